The van der Waals surface area contributed by atoms with Crippen molar-refractivity contribution >= 4 is 17.8 Å². The van der Waals surface area contributed by atoms with E-state index in [0.29, 0.717) is 31.0 Å². The smallest absolute Gasteiger partial charge is 0.325 e. The molecule has 0 aliphatic carbocycles. The number of ether oxygens (including phenoxy) is 1. The van der Waals surface area contributed by atoms with Gasteiger partial charge in [0.05, 0.1) is 0 Å². The molecular formula is C21H28N4O4. The molecule has 29 heavy (non-hydrogen) atoms. The first kappa shape index (κ1) is 20.9. The van der Waals surface area contributed by atoms with Gasteiger partial charge in [0.15, 0.2) is 0 Å². The summed E-state index contributed by atoms with van der Waals surface area (Å²) in [5.74, 6) is 0.00852. The molecule has 4 amide bonds. The quantitative estimate of drug-likeness (QED) is 0.573. The molecule has 2 aliphatic heterocycles. The summed E-state index contributed by atoms with van der Waals surface area (Å²) >= 11 is 0. The summed E-state index contributed by atoms with van der Waals surface area (Å²) < 4.78 is 5.58. The number of hydrogen-bond acceptors (Lipinski definition) is 5. The highest BCUT2D eigenvalue weighted by Gasteiger charge is 2.49. The lowest BCUT2D eigenvalue weighted by atomic mass is 9.92. The Kier molecular flexibility index (Phi) is 5.93. The van der Waals surface area contributed by atoms with Crippen molar-refractivity contribution in [3.63, 3.8) is 0 Å². The molecule has 0 aromatic heterocycles. The Balaban J connectivity index is 1.68. The first-order chi connectivity index (χ1) is 13.7. The van der Waals surface area contributed by atoms with Crippen LogP contribution in [-0.2, 0) is 15.1 Å². The molecule has 2 saturated heterocycles. The molecule has 8 heteroatoms. The number of carbonyl (C=O) groups excluding carboxylic acids is 3. The third-order valence-corrected chi connectivity index (χ3v) is 5.34. The van der Waals surface area contributed by atoms with Crippen molar-refractivity contribution in [2.24, 2.45) is 0 Å². The normalized spacial score (nSPS) is 22.6. The third-order valence-electron chi connectivity index (χ3n) is 5.34. The van der Waals surface area contributed by atoms with E-state index in [2.05, 4.69) is 16.8 Å². The van der Waals surface area contributed by atoms with Gasteiger partial charge in [0.2, 0.25) is 5.91 Å². The molecule has 156 valence electrons. The first-order valence-corrected chi connectivity index (χ1v) is 9.69. The Morgan fingerprint density at radius 2 is 1.79 bits per heavy atom. The van der Waals surface area contributed by atoms with Gasteiger partial charge in [-0.15, -0.1) is 0 Å². The molecule has 2 fully saturated rings. The number of benzene rings is 1. The number of hydrogen-bond donors (Lipinski definition) is 1. The fraction of sp³-hybridized carbons (Fsp3) is 0.476. The Morgan fingerprint density at radius 1 is 1.17 bits per heavy atom. The highest BCUT2D eigenvalue weighted by Crippen LogP contribution is 2.30. The van der Waals surface area contributed by atoms with Crippen molar-refractivity contribution in [3.8, 4) is 5.75 Å². The second-order valence-electron chi connectivity index (χ2n) is 7.90. The van der Waals surface area contributed by atoms with Gasteiger partial charge >= 0.3 is 6.03 Å². The van der Waals surface area contributed by atoms with E-state index >= 15 is 0 Å². The average molecular weight is 400 g/mol. The average Bonchev–Trinajstić information content (AvgIpc) is 2.91. The number of amides is 4. The standard InChI is InChI=1S/C21H28N4O4/c1-15(2)14-29-17-7-5-16(6-8-17)21(3)19(27)25(20(28)22-21)13-18(26)24-11-9-23(4)10-12-24/h5-8H,1,9-14H2,2-4H3,(H,22,28). The van der Waals surface area contributed by atoms with E-state index < -0.39 is 17.5 Å². The minimum Gasteiger partial charge on any atom is -0.489 e. The molecule has 2 aliphatic rings. The zero-order chi connectivity index (χ0) is 21.2. The second-order valence-corrected chi connectivity index (χ2v) is 7.90. The maximum atomic E-state index is 13.0. The topological polar surface area (TPSA) is 82.2 Å². The molecule has 1 N–H and O–H groups in total. The lowest BCUT2D eigenvalue weighted by molar-refractivity contribution is -0.139. The van der Waals surface area contributed by atoms with Gasteiger partial charge < -0.3 is 19.9 Å². The molecule has 1 atom stereocenters. The van der Waals surface area contributed by atoms with E-state index in [9.17, 15) is 14.4 Å². The van der Waals surface area contributed by atoms with E-state index in [-0.39, 0.29) is 12.5 Å². The van der Waals surface area contributed by atoms with Gasteiger partial charge in [-0.05, 0) is 44.2 Å². The molecule has 0 saturated carbocycles. The monoisotopic (exact) mass is 400 g/mol. The highest BCUT2D eigenvalue weighted by atomic mass is 16.5. The fourth-order valence-electron chi connectivity index (χ4n) is 3.42. The van der Waals surface area contributed by atoms with Gasteiger partial charge in [-0.2, -0.15) is 0 Å². The Bertz CT molecular complexity index is 814. The minimum atomic E-state index is -1.22. The zero-order valence-electron chi connectivity index (χ0n) is 17.2. The number of nitrogens with zero attached hydrogens (tertiary/aromatic N) is 3. The molecule has 1 aromatic carbocycles. The van der Waals surface area contributed by atoms with Crippen LogP contribution in [0.3, 0.4) is 0 Å². The van der Waals surface area contributed by atoms with Crippen molar-refractivity contribution in [1.82, 2.24) is 20.0 Å². The SMILES string of the molecule is C=C(C)COc1ccc(C2(C)NC(=O)N(CC(=O)N3CCN(C)CC3)C2=O)cc1. The third kappa shape index (κ3) is 4.42. The van der Waals surface area contributed by atoms with Crippen LogP contribution in [0.5, 0.6) is 5.75 Å². The molecule has 0 spiro atoms. The number of nitrogens with one attached hydrogen (secondary N) is 1. The maximum absolute atomic E-state index is 13.0. The fourth-order valence-corrected chi connectivity index (χ4v) is 3.42. The molecule has 0 bridgehead atoms. The molecular weight excluding hydrogens is 372 g/mol. The van der Waals surface area contributed by atoms with Crippen molar-refractivity contribution in [3.05, 3.63) is 42.0 Å². The molecule has 2 heterocycles. The highest BCUT2D eigenvalue weighted by molar-refractivity contribution is 6.09. The van der Waals surface area contributed by atoms with Crippen LogP contribution in [-0.4, -0.2) is 78.9 Å². The summed E-state index contributed by atoms with van der Waals surface area (Å²) in [6, 6.07) is 6.44. The van der Waals surface area contributed by atoms with Gasteiger partial charge in [-0.1, -0.05) is 18.7 Å². The van der Waals surface area contributed by atoms with Gasteiger partial charge in [-0.25, -0.2) is 4.79 Å². The van der Waals surface area contributed by atoms with Crippen LogP contribution < -0.4 is 10.1 Å². The summed E-state index contributed by atoms with van der Waals surface area (Å²) in [7, 11) is 2.00. The summed E-state index contributed by atoms with van der Waals surface area (Å²) in [5, 5.41) is 2.73. The van der Waals surface area contributed by atoms with Crippen LogP contribution in [0.1, 0.15) is 19.4 Å². The molecule has 3 rings (SSSR count). The molecule has 1 unspecified atom stereocenters. The Morgan fingerprint density at radius 3 is 2.38 bits per heavy atom. The minimum absolute atomic E-state index is 0.214. The van der Waals surface area contributed by atoms with Crippen LogP contribution >= 0.6 is 0 Å². The number of likely N-dealkylation sites (N-methyl/N-ethyl adjacent to an activating group) is 1. The van der Waals surface area contributed by atoms with Gasteiger partial charge in [-0.3, -0.25) is 14.5 Å². The van der Waals surface area contributed by atoms with Crippen molar-refractivity contribution in [2.75, 3.05) is 46.4 Å². The second kappa shape index (κ2) is 8.24. The first-order valence-electron chi connectivity index (χ1n) is 9.69. The summed E-state index contributed by atoms with van der Waals surface area (Å²) in [5.41, 5.74) is 0.319. The van der Waals surface area contributed by atoms with E-state index in [4.69, 9.17) is 4.74 Å². The van der Waals surface area contributed by atoms with Crippen LogP contribution in [0.4, 0.5) is 4.79 Å². The number of rotatable bonds is 6. The lowest BCUT2D eigenvalue weighted by Gasteiger charge is -2.33. The van der Waals surface area contributed by atoms with Crippen LogP contribution in [0, 0.1) is 0 Å². The Labute approximate surface area is 171 Å². The summed E-state index contributed by atoms with van der Waals surface area (Å²) in [4.78, 5) is 42.9. The number of imide groups is 1. The Hall–Kier alpha value is -2.87. The van der Waals surface area contributed by atoms with Gasteiger partial charge in [0.1, 0.15) is 24.4 Å². The number of carbonyl (C=O) groups is 3. The van der Waals surface area contributed by atoms with Gasteiger partial charge in [0.25, 0.3) is 5.91 Å². The van der Waals surface area contributed by atoms with Crippen LogP contribution in [0.15, 0.2) is 36.4 Å². The van der Waals surface area contributed by atoms with Crippen molar-refractivity contribution < 1.29 is 19.1 Å². The van der Waals surface area contributed by atoms with Crippen LogP contribution in [0.25, 0.3) is 0 Å². The predicted octanol–water partition coefficient (Wildman–Crippen LogP) is 1.18. The number of urea groups is 1. The van der Waals surface area contributed by atoms with Crippen molar-refractivity contribution in [2.45, 2.75) is 19.4 Å². The number of piperazine rings is 1. The summed E-state index contributed by atoms with van der Waals surface area (Å²) in [6.07, 6.45) is 0. The van der Waals surface area contributed by atoms with E-state index in [1.54, 1.807) is 36.1 Å². The van der Waals surface area contributed by atoms with Gasteiger partial charge in [0, 0.05) is 26.2 Å². The summed E-state index contributed by atoms with van der Waals surface area (Å²) in [6.45, 7) is 10.2. The van der Waals surface area contributed by atoms with Crippen LogP contribution in [0.2, 0.25) is 0 Å². The maximum Gasteiger partial charge on any atom is 0.325 e. The lowest BCUT2D eigenvalue weighted by Crippen LogP contribution is -2.51. The largest absolute Gasteiger partial charge is 0.489 e. The zero-order valence-corrected chi connectivity index (χ0v) is 17.2. The predicted molar refractivity (Wildman–Crippen MR) is 108 cm³/mol. The molecule has 0 radical (unpaired) electrons. The van der Waals surface area contributed by atoms with Crippen molar-refractivity contribution in [1.29, 1.82) is 0 Å². The molecule has 8 nitrogen and oxygen atoms in total. The van der Waals surface area contributed by atoms with E-state index in [1.807, 2.05) is 14.0 Å². The molecule has 1 aromatic rings. The van der Waals surface area contributed by atoms with E-state index in [1.165, 1.54) is 0 Å². The van der Waals surface area contributed by atoms with E-state index in [0.717, 1.165) is 23.6 Å².